The number of carbonyl (C=O) groups excluding carboxylic acids is 1. The van der Waals surface area contributed by atoms with Crippen molar-refractivity contribution in [3.05, 3.63) is 12.2 Å². The van der Waals surface area contributed by atoms with E-state index in [0.717, 1.165) is 0 Å². The predicted octanol–water partition coefficient (Wildman–Crippen LogP) is 1.95. The summed E-state index contributed by atoms with van der Waals surface area (Å²) in [6.07, 6.45) is -0.414. The summed E-state index contributed by atoms with van der Waals surface area (Å²) in [7, 11) is 0. The standard InChI is InChI=1S/C7H10Cl2O2/c1-5(2)7(10)11-6(3-8)4-9/h6H,1,3-4H2,2H3. The monoisotopic (exact) mass is 196 g/mol. The fourth-order valence-corrected chi connectivity index (χ4v) is 0.812. The lowest BCUT2D eigenvalue weighted by Gasteiger charge is -2.11. The smallest absolute Gasteiger partial charge is 0.333 e. The topological polar surface area (TPSA) is 26.3 Å². The van der Waals surface area contributed by atoms with Crippen molar-refractivity contribution in [3.8, 4) is 0 Å². The summed E-state index contributed by atoms with van der Waals surface area (Å²) in [6.45, 7) is 4.99. The largest absolute Gasteiger partial charge is 0.456 e. The summed E-state index contributed by atoms with van der Waals surface area (Å²) in [4.78, 5) is 10.8. The molecule has 0 radical (unpaired) electrons. The van der Waals surface area contributed by atoms with Crippen LogP contribution in [0.1, 0.15) is 6.92 Å². The maximum atomic E-state index is 10.8. The fraction of sp³-hybridized carbons (Fsp3) is 0.571. The number of alkyl halides is 2. The molecule has 0 spiro atoms. The highest BCUT2D eigenvalue weighted by Gasteiger charge is 2.11. The van der Waals surface area contributed by atoms with Crippen molar-refractivity contribution in [2.45, 2.75) is 13.0 Å². The van der Waals surface area contributed by atoms with Gasteiger partial charge in [0.25, 0.3) is 0 Å². The van der Waals surface area contributed by atoms with E-state index in [-0.39, 0.29) is 11.8 Å². The molecule has 11 heavy (non-hydrogen) atoms. The summed E-state index contributed by atoms with van der Waals surface area (Å²) >= 11 is 10.9. The zero-order valence-corrected chi connectivity index (χ0v) is 7.78. The molecular weight excluding hydrogens is 187 g/mol. The summed E-state index contributed by atoms with van der Waals surface area (Å²) in [5.41, 5.74) is 0.352. The quantitative estimate of drug-likeness (QED) is 0.391. The average Bonchev–Trinajstić information content (AvgIpc) is 1.99. The van der Waals surface area contributed by atoms with Gasteiger partial charge in [0.15, 0.2) is 0 Å². The first kappa shape index (κ1) is 10.8. The van der Waals surface area contributed by atoms with E-state index < -0.39 is 12.1 Å². The summed E-state index contributed by atoms with van der Waals surface area (Å²) in [5.74, 6) is -0.0262. The van der Waals surface area contributed by atoms with Crippen LogP contribution in [0, 0.1) is 0 Å². The Morgan fingerprint density at radius 3 is 2.27 bits per heavy atom. The second kappa shape index (κ2) is 5.44. The van der Waals surface area contributed by atoms with Gasteiger partial charge in [0.05, 0.1) is 11.8 Å². The van der Waals surface area contributed by atoms with Gasteiger partial charge in [-0.2, -0.15) is 0 Å². The minimum atomic E-state index is -0.448. The Labute approximate surface area is 76.1 Å². The summed E-state index contributed by atoms with van der Waals surface area (Å²) in [5, 5.41) is 0. The number of rotatable bonds is 4. The van der Waals surface area contributed by atoms with E-state index in [0.29, 0.717) is 5.57 Å². The molecule has 0 aromatic rings. The van der Waals surface area contributed by atoms with Crippen molar-refractivity contribution in [2.75, 3.05) is 11.8 Å². The molecule has 4 heteroatoms. The number of esters is 1. The molecule has 0 aliphatic heterocycles. The molecule has 64 valence electrons. The Balaban J connectivity index is 3.81. The molecular formula is C7H10Cl2O2. The van der Waals surface area contributed by atoms with Gasteiger partial charge in [-0.15, -0.1) is 23.2 Å². The minimum absolute atomic E-state index is 0.211. The first-order valence-electron chi connectivity index (χ1n) is 3.10. The number of carbonyl (C=O) groups is 1. The van der Waals surface area contributed by atoms with Gasteiger partial charge in [-0.05, 0) is 6.92 Å². The lowest BCUT2D eigenvalue weighted by atomic mass is 10.3. The first-order chi connectivity index (χ1) is 5.11. The molecule has 0 fully saturated rings. The van der Waals surface area contributed by atoms with Gasteiger partial charge in [-0.3, -0.25) is 0 Å². The number of ether oxygens (including phenoxy) is 1. The molecule has 0 rings (SSSR count). The lowest BCUT2D eigenvalue weighted by molar-refractivity contribution is -0.142. The Morgan fingerprint density at radius 2 is 2.00 bits per heavy atom. The molecule has 0 aromatic carbocycles. The van der Waals surface area contributed by atoms with Crippen LogP contribution in [-0.2, 0) is 9.53 Å². The maximum absolute atomic E-state index is 10.8. The van der Waals surface area contributed by atoms with Crippen LogP contribution in [0.2, 0.25) is 0 Å². The van der Waals surface area contributed by atoms with E-state index in [1.165, 1.54) is 0 Å². The van der Waals surface area contributed by atoms with Gasteiger partial charge in [0.2, 0.25) is 0 Å². The van der Waals surface area contributed by atoms with Gasteiger partial charge in [0.1, 0.15) is 6.10 Å². The highest BCUT2D eigenvalue weighted by atomic mass is 35.5. The molecule has 2 nitrogen and oxygen atoms in total. The highest BCUT2D eigenvalue weighted by Crippen LogP contribution is 2.02. The van der Waals surface area contributed by atoms with Crippen LogP contribution in [0.5, 0.6) is 0 Å². The Morgan fingerprint density at radius 1 is 1.55 bits per heavy atom. The third-order valence-corrected chi connectivity index (χ3v) is 1.65. The second-order valence-electron chi connectivity index (χ2n) is 2.12. The summed E-state index contributed by atoms with van der Waals surface area (Å²) in [6, 6.07) is 0. The zero-order chi connectivity index (χ0) is 8.85. The molecule has 0 saturated carbocycles. The van der Waals surface area contributed by atoms with Gasteiger partial charge < -0.3 is 4.74 Å². The Kier molecular flexibility index (Phi) is 5.34. The predicted molar refractivity (Wildman–Crippen MR) is 46.1 cm³/mol. The summed E-state index contributed by atoms with van der Waals surface area (Å²) < 4.78 is 4.81. The van der Waals surface area contributed by atoms with E-state index >= 15 is 0 Å². The Bertz CT molecular complexity index is 153. The SMILES string of the molecule is C=C(C)C(=O)OC(CCl)CCl. The van der Waals surface area contributed by atoms with Crippen LogP contribution in [0.3, 0.4) is 0 Å². The first-order valence-corrected chi connectivity index (χ1v) is 4.17. The second-order valence-corrected chi connectivity index (χ2v) is 2.73. The van der Waals surface area contributed by atoms with Crippen molar-refractivity contribution in [1.29, 1.82) is 0 Å². The van der Waals surface area contributed by atoms with Crippen LogP contribution in [0.15, 0.2) is 12.2 Å². The van der Waals surface area contributed by atoms with E-state index in [1.807, 2.05) is 0 Å². The molecule has 0 N–H and O–H groups in total. The minimum Gasteiger partial charge on any atom is -0.456 e. The van der Waals surface area contributed by atoms with Crippen molar-refractivity contribution in [3.63, 3.8) is 0 Å². The van der Waals surface area contributed by atoms with Crippen molar-refractivity contribution in [1.82, 2.24) is 0 Å². The normalized spacial score (nSPS) is 9.82. The maximum Gasteiger partial charge on any atom is 0.333 e. The van der Waals surface area contributed by atoms with E-state index in [9.17, 15) is 4.79 Å². The molecule has 0 aliphatic carbocycles. The number of hydrogen-bond acceptors (Lipinski definition) is 2. The van der Waals surface area contributed by atoms with Crippen LogP contribution >= 0.6 is 23.2 Å². The van der Waals surface area contributed by atoms with Crippen molar-refractivity contribution < 1.29 is 9.53 Å². The van der Waals surface area contributed by atoms with Gasteiger partial charge in [0, 0.05) is 5.57 Å². The van der Waals surface area contributed by atoms with E-state index in [2.05, 4.69) is 6.58 Å². The van der Waals surface area contributed by atoms with Crippen molar-refractivity contribution in [2.24, 2.45) is 0 Å². The van der Waals surface area contributed by atoms with Gasteiger partial charge >= 0.3 is 5.97 Å². The molecule has 0 amide bonds. The Hall–Kier alpha value is -0.210. The fourth-order valence-electron chi connectivity index (χ4n) is 0.356. The third kappa shape index (κ3) is 4.27. The molecule has 0 atom stereocenters. The zero-order valence-electron chi connectivity index (χ0n) is 6.27. The molecule has 0 saturated heterocycles. The molecule has 0 unspecified atom stereocenters. The number of hydrogen-bond donors (Lipinski definition) is 0. The van der Waals surface area contributed by atoms with E-state index in [4.69, 9.17) is 27.9 Å². The van der Waals surface area contributed by atoms with Crippen molar-refractivity contribution >= 4 is 29.2 Å². The van der Waals surface area contributed by atoms with Crippen LogP contribution in [-0.4, -0.2) is 23.8 Å². The molecule has 0 bridgehead atoms. The highest BCUT2D eigenvalue weighted by molar-refractivity contribution is 6.21. The van der Waals surface area contributed by atoms with Crippen LogP contribution < -0.4 is 0 Å². The van der Waals surface area contributed by atoms with E-state index in [1.54, 1.807) is 6.92 Å². The van der Waals surface area contributed by atoms with Crippen LogP contribution in [0.25, 0.3) is 0 Å². The van der Waals surface area contributed by atoms with Crippen LogP contribution in [0.4, 0.5) is 0 Å². The molecule has 0 aliphatic rings. The number of halogens is 2. The third-order valence-electron chi connectivity index (χ3n) is 0.966. The molecule has 0 aromatic heterocycles. The average molecular weight is 197 g/mol. The molecule has 0 heterocycles. The lowest BCUT2D eigenvalue weighted by Crippen LogP contribution is -2.21. The van der Waals surface area contributed by atoms with Gasteiger partial charge in [-0.1, -0.05) is 6.58 Å². The van der Waals surface area contributed by atoms with Gasteiger partial charge in [-0.25, -0.2) is 4.79 Å².